The van der Waals surface area contributed by atoms with Gasteiger partial charge < -0.3 is 4.74 Å². The lowest BCUT2D eigenvalue weighted by Crippen LogP contribution is -2.03. The molecule has 0 atom stereocenters. The summed E-state index contributed by atoms with van der Waals surface area (Å²) in [4.78, 5) is 0. The second-order valence-electron chi connectivity index (χ2n) is 2.32. The van der Waals surface area contributed by atoms with Crippen LogP contribution in [0.5, 0.6) is 0 Å². The van der Waals surface area contributed by atoms with Gasteiger partial charge in [0, 0.05) is 6.61 Å². The van der Waals surface area contributed by atoms with E-state index in [-0.39, 0.29) is 0 Å². The highest BCUT2D eigenvalue weighted by Gasteiger charge is 1.90. The molecule has 0 aromatic heterocycles. The number of hydrogen-bond donors (Lipinski definition) is 0. The zero-order valence-corrected chi connectivity index (χ0v) is 8.35. The van der Waals surface area contributed by atoms with Gasteiger partial charge >= 0.3 is 0 Å². The summed E-state index contributed by atoms with van der Waals surface area (Å²) in [5, 5.41) is 0. The van der Waals surface area contributed by atoms with Gasteiger partial charge in [0.2, 0.25) is 0 Å². The molecule has 0 radical (unpaired) electrons. The van der Waals surface area contributed by atoms with Crippen LogP contribution >= 0.6 is 22.6 Å². The summed E-state index contributed by atoms with van der Waals surface area (Å²) in [6.45, 7) is 5.08. The number of hydrogen-bond acceptors (Lipinski definition) is 1. The molecule has 0 amide bonds. The third-order valence-corrected chi connectivity index (χ3v) is 1.74. The van der Waals surface area contributed by atoms with E-state index in [9.17, 15) is 0 Å². The maximum atomic E-state index is 5.34. The number of halogens is 1. The highest BCUT2D eigenvalue weighted by molar-refractivity contribution is 14.1. The van der Waals surface area contributed by atoms with E-state index in [0.717, 1.165) is 6.61 Å². The fourth-order valence-corrected chi connectivity index (χ4v) is 1.05. The van der Waals surface area contributed by atoms with Crippen LogP contribution in [0, 0.1) is 0 Å². The smallest absolute Gasteiger partial charge is 0.0518 e. The third kappa shape index (κ3) is 8.69. The standard InChI is InChI=1S/C7H15IO/c1-7(2)9-6-4-3-5-8/h7H,3-6H2,1-2H3. The van der Waals surface area contributed by atoms with E-state index < -0.39 is 0 Å². The van der Waals surface area contributed by atoms with Gasteiger partial charge in [-0.2, -0.15) is 0 Å². The summed E-state index contributed by atoms with van der Waals surface area (Å²) in [5.41, 5.74) is 0. The molecule has 0 aliphatic rings. The lowest BCUT2D eigenvalue weighted by molar-refractivity contribution is 0.0769. The van der Waals surface area contributed by atoms with E-state index in [1.165, 1.54) is 17.3 Å². The molecular formula is C7H15IO. The Morgan fingerprint density at radius 2 is 2.00 bits per heavy atom. The van der Waals surface area contributed by atoms with Gasteiger partial charge in [0.1, 0.15) is 0 Å². The first-order valence-corrected chi connectivity index (χ1v) is 4.97. The molecule has 0 saturated heterocycles. The highest BCUT2D eigenvalue weighted by atomic mass is 127. The SMILES string of the molecule is CC(C)OCCCCI. The number of rotatable bonds is 5. The van der Waals surface area contributed by atoms with Gasteiger partial charge in [0.25, 0.3) is 0 Å². The Kier molecular flexibility index (Phi) is 7.33. The molecule has 0 fully saturated rings. The first-order chi connectivity index (χ1) is 4.27. The van der Waals surface area contributed by atoms with Crippen LogP contribution in [0.15, 0.2) is 0 Å². The van der Waals surface area contributed by atoms with Crippen molar-refractivity contribution >= 4 is 22.6 Å². The van der Waals surface area contributed by atoms with Crippen LogP contribution < -0.4 is 0 Å². The van der Waals surface area contributed by atoms with Crippen molar-refractivity contribution in [2.24, 2.45) is 0 Å². The van der Waals surface area contributed by atoms with Crippen molar-refractivity contribution in [1.82, 2.24) is 0 Å². The summed E-state index contributed by atoms with van der Waals surface area (Å²) in [5.74, 6) is 0. The van der Waals surface area contributed by atoms with Crippen molar-refractivity contribution < 1.29 is 4.74 Å². The molecule has 0 bridgehead atoms. The van der Waals surface area contributed by atoms with Crippen LogP contribution in [0.3, 0.4) is 0 Å². The predicted molar refractivity (Wildman–Crippen MR) is 49.2 cm³/mol. The van der Waals surface area contributed by atoms with Gasteiger partial charge in [-0.3, -0.25) is 0 Å². The van der Waals surface area contributed by atoms with Crippen molar-refractivity contribution in [3.63, 3.8) is 0 Å². The summed E-state index contributed by atoms with van der Waals surface area (Å²) >= 11 is 2.39. The van der Waals surface area contributed by atoms with Crippen molar-refractivity contribution in [2.75, 3.05) is 11.0 Å². The summed E-state index contributed by atoms with van der Waals surface area (Å²) in [6.07, 6.45) is 2.90. The number of unbranched alkanes of at least 4 members (excludes halogenated alkanes) is 1. The highest BCUT2D eigenvalue weighted by Crippen LogP contribution is 1.96. The molecule has 56 valence electrons. The molecule has 0 spiro atoms. The number of alkyl halides is 1. The second kappa shape index (κ2) is 6.81. The zero-order valence-electron chi connectivity index (χ0n) is 6.19. The minimum atomic E-state index is 0.402. The van der Waals surface area contributed by atoms with E-state index in [1.54, 1.807) is 0 Å². The van der Waals surface area contributed by atoms with Crippen molar-refractivity contribution in [3.05, 3.63) is 0 Å². The van der Waals surface area contributed by atoms with Gasteiger partial charge in [-0.05, 0) is 31.1 Å². The van der Waals surface area contributed by atoms with Crippen LogP contribution in [0.1, 0.15) is 26.7 Å². The van der Waals surface area contributed by atoms with Crippen LogP contribution in [0.4, 0.5) is 0 Å². The van der Waals surface area contributed by atoms with E-state index in [0.29, 0.717) is 6.10 Å². The van der Waals surface area contributed by atoms with Crippen molar-refractivity contribution in [2.45, 2.75) is 32.8 Å². The Morgan fingerprint density at radius 3 is 2.44 bits per heavy atom. The predicted octanol–water partition coefficient (Wildman–Crippen LogP) is 2.63. The fourth-order valence-electron chi connectivity index (χ4n) is 0.516. The second-order valence-corrected chi connectivity index (χ2v) is 3.39. The lowest BCUT2D eigenvalue weighted by atomic mass is 10.3. The van der Waals surface area contributed by atoms with Gasteiger partial charge in [0.05, 0.1) is 6.10 Å². The zero-order chi connectivity index (χ0) is 7.11. The lowest BCUT2D eigenvalue weighted by Gasteiger charge is -2.05. The molecular weight excluding hydrogens is 227 g/mol. The maximum Gasteiger partial charge on any atom is 0.0518 e. The van der Waals surface area contributed by atoms with Gasteiger partial charge in [-0.25, -0.2) is 0 Å². The molecule has 0 aromatic rings. The fraction of sp³-hybridized carbons (Fsp3) is 1.00. The molecule has 9 heavy (non-hydrogen) atoms. The Hall–Kier alpha value is 0.690. The minimum Gasteiger partial charge on any atom is -0.379 e. The Balaban J connectivity index is 2.75. The average molecular weight is 242 g/mol. The van der Waals surface area contributed by atoms with Gasteiger partial charge in [-0.1, -0.05) is 22.6 Å². The topological polar surface area (TPSA) is 9.23 Å². The molecule has 2 heteroatoms. The number of ether oxygens (including phenoxy) is 1. The molecule has 0 aromatic carbocycles. The quantitative estimate of drug-likeness (QED) is 0.409. The Bertz CT molecular complexity index is 54.9. The molecule has 0 heterocycles. The monoisotopic (exact) mass is 242 g/mol. The van der Waals surface area contributed by atoms with E-state index >= 15 is 0 Å². The summed E-state index contributed by atoms with van der Waals surface area (Å²) < 4.78 is 6.59. The first-order valence-electron chi connectivity index (χ1n) is 3.45. The minimum absolute atomic E-state index is 0.402. The molecule has 0 aliphatic heterocycles. The summed E-state index contributed by atoms with van der Waals surface area (Å²) in [7, 11) is 0. The molecule has 1 nitrogen and oxygen atoms in total. The third-order valence-electron chi connectivity index (χ3n) is 0.979. The van der Waals surface area contributed by atoms with Crippen LogP contribution in [0.25, 0.3) is 0 Å². The Morgan fingerprint density at radius 1 is 1.33 bits per heavy atom. The Labute approximate surface area is 71.3 Å². The molecule has 0 rings (SSSR count). The van der Waals surface area contributed by atoms with Crippen LogP contribution in [-0.2, 0) is 4.74 Å². The average Bonchev–Trinajstić information content (AvgIpc) is 1.80. The van der Waals surface area contributed by atoms with E-state index in [4.69, 9.17) is 4.74 Å². The van der Waals surface area contributed by atoms with E-state index in [1.807, 2.05) is 0 Å². The van der Waals surface area contributed by atoms with E-state index in [2.05, 4.69) is 36.4 Å². The first kappa shape index (κ1) is 9.69. The normalized spacial score (nSPS) is 10.7. The van der Waals surface area contributed by atoms with Crippen LogP contribution in [-0.4, -0.2) is 17.1 Å². The van der Waals surface area contributed by atoms with Crippen molar-refractivity contribution in [3.8, 4) is 0 Å². The summed E-state index contributed by atoms with van der Waals surface area (Å²) in [6, 6.07) is 0. The largest absolute Gasteiger partial charge is 0.379 e. The van der Waals surface area contributed by atoms with Crippen LogP contribution in [0.2, 0.25) is 0 Å². The maximum absolute atomic E-state index is 5.34. The molecule has 0 aliphatic carbocycles. The molecule has 0 N–H and O–H groups in total. The van der Waals surface area contributed by atoms with Gasteiger partial charge in [-0.15, -0.1) is 0 Å². The molecule has 0 unspecified atom stereocenters. The van der Waals surface area contributed by atoms with Crippen molar-refractivity contribution in [1.29, 1.82) is 0 Å². The molecule has 0 saturated carbocycles. The van der Waals surface area contributed by atoms with Gasteiger partial charge in [0.15, 0.2) is 0 Å².